The Morgan fingerprint density at radius 3 is 2.53 bits per heavy atom. The molecule has 0 bridgehead atoms. The molecule has 0 aromatic rings. The van der Waals surface area contributed by atoms with Crippen molar-refractivity contribution >= 4 is 10.0 Å². The van der Waals surface area contributed by atoms with Gasteiger partial charge in [0.2, 0.25) is 10.0 Å². The van der Waals surface area contributed by atoms with Gasteiger partial charge >= 0.3 is 0 Å². The highest BCUT2D eigenvalue weighted by atomic mass is 32.2. The van der Waals surface area contributed by atoms with Gasteiger partial charge in [-0.1, -0.05) is 27.2 Å². The van der Waals surface area contributed by atoms with Crippen molar-refractivity contribution < 1.29 is 8.42 Å². The van der Waals surface area contributed by atoms with Crippen LogP contribution in [0.4, 0.5) is 0 Å². The summed E-state index contributed by atoms with van der Waals surface area (Å²) in [6.07, 6.45) is 4.82. The maximum absolute atomic E-state index is 12.5. The summed E-state index contributed by atoms with van der Waals surface area (Å²) in [5, 5.41) is 3.12. The largest absolute Gasteiger partial charge is 0.320 e. The number of sulfonamides is 1. The molecule has 1 heterocycles. The molecule has 0 radical (unpaired) electrons. The van der Waals surface area contributed by atoms with Crippen LogP contribution in [0.25, 0.3) is 0 Å². The molecule has 1 saturated heterocycles. The van der Waals surface area contributed by atoms with E-state index in [1.165, 1.54) is 0 Å². The Labute approximate surface area is 119 Å². The molecule has 0 aromatic heterocycles. The fraction of sp³-hybridized carbons (Fsp3) is 1.00. The van der Waals surface area contributed by atoms with Gasteiger partial charge in [-0.2, -0.15) is 4.31 Å². The van der Waals surface area contributed by atoms with Gasteiger partial charge in [-0.3, -0.25) is 0 Å². The average Bonchev–Trinajstić information content (AvgIpc) is 2.34. The molecule has 1 aliphatic rings. The van der Waals surface area contributed by atoms with E-state index in [1.54, 1.807) is 4.31 Å². The number of nitrogens with one attached hydrogen (secondary N) is 1. The summed E-state index contributed by atoms with van der Waals surface area (Å²) in [6, 6.07) is 0.200. The molecule has 0 aromatic carbocycles. The monoisotopic (exact) mass is 290 g/mol. The summed E-state index contributed by atoms with van der Waals surface area (Å²) in [5.41, 5.74) is 0.0727. The standard InChI is InChI=1S/C14H30N2O2S/c1-14(2,3)9-12-19(17,18)16-11-6-5-7-13(16)8-10-15-4/h13,15H,5-12H2,1-4H3. The molecule has 4 nitrogen and oxygen atoms in total. The van der Waals surface area contributed by atoms with E-state index in [0.717, 1.165) is 38.6 Å². The summed E-state index contributed by atoms with van der Waals surface area (Å²) >= 11 is 0. The van der Waals surface area contributed by atoms with Crippen LogP contribution in [0, 0.1) is 5.41 Å². The summed E-state index contributed by atoms with van der Waals surface area (Å²) in [4.78, 5) is 0. The van der Waals surface area contributed by atoms with E-state index in [9.17, 15) is 8.42 Å². The fourth-order valence-corrected chi connectivity index (χ4v) is 4.67. The topological polar surface area (TPSA) is 49.4 Å². The van der Waals surface area contributed by atoms with Gasteiger partial charge in [0.05, 0.1) is 5.75 Å². The quantitative estimate of drug-likeness (QED) is 0.816. The Morgan fingerprint density at radius 1 is 1.26 bits per heavy atom. The number of piperidine rings is 1. The van der Waals surface area contributed by atoms with E-state index < -0.39 is 10.0 Å². The smallest absolute Gasteiger partial charge is 0.214 e. The van der Waals surface area contributed by atoms with Gasteiger partial charge in [0.15, 0.2) is 0 Å². The zero-order valence-electron chi connectivity index (χ0n) is 12.9. The van der Waals surface area contributed by atoms with Gasteiger partial charge in [0.25, 0.3) is 0 Å². The molecule has 0 spiro atoms. The SMILES string of the molecule is CNCCC1CCCCN1S(=O)(=O)CCC(C)(C)C. The molecule has 19 heavy (non-hydrogen) atoms. The second-order valence-corrected chi connectivity index (χ2v) is 8.82. The first kappa shape index (κ1) is 16.9. The van der Waals surface area contributed by atoms with Crippen molar-refractivity contribution in [1.29, 1.82) is 0 Å². The third kappa shape index (κ3) is 5.79. The van der Waals surface area contributed by atoms with Crippen LogP contribution >= 0.6 is 0 Å². The van der Waals surface area contributed by atoms with E-state index in [-0.39, 0.29) is 17.2 Å². The Kier molecular flexibility index (Phi) is 6.27. The van der Waals surface area contributed by atoms with Crippen molar-refractivity contribution in [2.75, 3.05) is 25.9 Å². The molecule has 5 heteroatoms. The van der Waals surface area contributed by atoms with Crippen molar-refractivity contribution in [3.05, 3.63) is 0 Å². The van der Waals surface area contributed by atoms with Crippen LogP contribution in [0.5, 0.6) is 0 Å². The zero-order valence-corrected chi connectivity index (χ0v) is 13.7. The van der Waals surface area contributed by atoms with Crippen molar-refractivity contribution in [2.24, 2.45) is 5.41 Å². The Balaban J connectivity index is 2.67. The Bertz CT molecular complexity index is 360. The zero-order chi connectivity index (χ0) is 14.5. The highest BCUT2D eigenvalue weighted by Crippen LogP contribution is 2.26. The van der Waals surface area contributed by atoms with Crippen LogP contribution in [-0.4, -0.2) is 44.7 Å². The van der Waals surface area contributed by atoms with Crippen LogP contribution in [-0.2, 0) is 10.0 Å². The van der Waals surface area contributed by atoms with Gasteiger partial charge in [-0.15, -0.1) is 0 Å². The third-order valence-corrected chi connectivity index (χ3v) is 5.68. The maximum Gasteiger partial charge on any atom is 0.214 e. The predicted octanol–water partition coefficient (Wildman–Crippen LogP) is 2.22. The van der Waals surface area contributed by atoms with Crippen LogP contribution in [0.15, 0.2) is 0 Å². The molecule has 0 saturated carbocycles. The fourth-order valence-electron chi connectivity index (χ4n) is 2.49. The van der Waals surface area contributed by atoms with Gasteiger partial charge in [-0.05, 0) is 44.7 Å². The van der Waals surface area contributed by atoms with Crippen LogP contribution < -0.4 is 5.32 Å². The van der Waals surface area contributed by atoms with E-state index in [0.29, 0.717) is 6.54 Å². The van der Waals surface area contributed by atoms with E-state index >= 15 is 0 Å². The van der Waals surface area contributed by atoms with Crippen LogP contribution in [0.1, 0.15) is 52.9 Å². The van der Waals surface area contributed by atoms with E-state index in [4.69, 9.17) is 0 Å². The Hall–Kier alpha value is -0.130. The van der Waals surface area contributed by atoms with Crippen LogP contribution in [0.2, 0.25) is 0 Å². The lowest BCUT2D eigenvalue weighted by molar-refractivity contribution is 0.239. The second-order valence-electron chi connectivity index (χ2n) is 6.78. The van der Waals surface area contributed by atoms with Crippen molar-refractivity contribution in [1.82, 2.24) is 9.62 Å². The number of nitrogens with zero attached hydrogens (tertiary/aromatic N) is 1. The lowest BCUT2D eigenvalue weighted by Crippen LogP contribution is -2.46. The first-order valence-corrected chi connectivity index (χ1v) is 9.01. The molecule has 0 aliphatic carbocycles. The van der Waals surface area contributed by atoms with Crippen molar-refractivity contribution in [3.63, 3.8) is 0 Å². The van der Waals surface area contributed by atoms with Gasteiger partial charge in [0, 0.05) is 12.6 Å². The average molecular weight is 290 g/mol. The summed E-state index contributed by atoms with van der Waals surface area (Å²) < 4.78 is 26.8. The van der Waals surface area contributed by atoms with E-state index in [2.05, 4.69) is 26.1 Å². The molecular formula is C14H30N2O2S. The minimum Gasteiger partial charge on any atom is -0.320 e. The second kappa shape index (κ2) is 7.04. The summed E-state index contributed by atoms with van der Waals surface area (Å²) in [5.74, 6) is 0.284. The molecule has 1 rings (SSSR count). The highest BCUT2D eigenvalue weighted by molar-refractivity contribution is 7.89. The minimum absolute atomic E-state index is 0.0727. The number of rotatable bonds is 6. The van der Waals surface area contributed by atoms with Gasteiger partial charge < -0.3 is 5.32 Å². The number of hydrogen-bond donors (Lipinski definition) is 1. The molecule has 114 valence electrons. The van der Waals surface area contributed by atoms with Gasteiger partial charge in [-0.25, -0.2) is 8.42 Å². The van der Waals surface area contributed by atoms with E-state index in [1.807, 2.05) is 7.05 Å². The molecule has 0 amide bonds. The molecule has 1 aliphatic heterocycles. The molecule has 1 N–H and O–H groups in total. The molecule has 1 fully saturated rings. The summed E-state index contributed by atoms with van der Waals surface area (Å²) in [7, 11) is -1.17. The van der Waals surface area contributed by atoms with Crippen molar-refractivity contribution in [3.8, 4) is 0 Å². The molecular weight excluding hydrogens is 260 g/mol. The normalized spacial score (nSPS) is 22.6. The summed E-state index contributed by atoms with van der Waals surface area (Å²) in [6.45, 7) is 7.88. The van der Waals surface area contributed by atoms with Crippen LogP contribution in [0.3, 0.4) is 0 Å². The maximum atomic E-state index is 12.5. The third-order valence-electron chi connectivity index (χ3n) is 3.77. The first-order chi connectivity index (χ1) is 8.76. The first-order valence-electron chi connectivity index (χ1n) is 7.40. The van der Waals surface area contributed by atoms with Crippen molar-refractivity contribution in [2.45, 2.75) is 58.9 Å². The highest BCUT2D eigenvalue weighted by Gasteiger charge is 2.32. The lowest BCUT2D eigenvalue weighted by atomic mass is 9.94. The number of hydrogen-bond acceptors (Lipinski definition) is 3. The lowest BCUT2D eigenvalue weighted by Gasteiger charge is -2.35. The predicted molar refractivity (Wildman–Crippen MR) is 80.7 cm³/mol. The minimum atomic E-state index is -3.09. The molecule has 1 unspecified atom stereocenters. The van der Waals surface area contributed by atoms with Gasteiger partial charge in [0.1, 0.15) is 0 Å². The Morgan fingerprint density at radius 2 is 1.95 bits per heavy atom. The molecule has 1 atom stereocenters.